The predicted molar refractivity (Wildman–Crippen MR) is 46.6 cm³/mol. The molecule has 0 aliphatic heterocycles. The Morgan fingerprint density at radius 3 is 2.55 bits per heavy atom. The molecule has 0 saturated heterocycles. The van der Waals surface area contributed by atoms with Crippen LogP contribution in [0.25, 0.3) is 0 Å². The summed E-state index contributed by atoms with van der Waals surface area (Å²) in [5.74, 6) is 4.82. The average Bonchev–Trinajstić information content (AvgIpc) is 1.99. The van der Waals surface area contributed by atoms with Crippen molar-refractivity contribution in [3.63, 3.8) is 0 Å². The summed E-state index contributed by atoms with van der Waals surface area (Å²) < 4.78 is 0. The molecule has 64 valence electrons. The second-order valence-corrected chi connectivity index (χ2v) is 3.12. The van der Waals surface area contributed by atoms with Crippen molar-refractivity contribution in [2.75, 3.05) is 5.75 Å². The van der Waals surface area contributed by atoms with E-state index in [0.717, 1.165) is 0 Å². The lowest BCUT2D eigenvalue weighted by atomic mass is 10.2. The van der Waals surface area contributed by atoms with Crippen molar-refractivity contribution in [2.24, 2.45) is 28.3 Å². The first-order valence-corrected chi connectivity index (χ1v) is 4.02. The topological polar surface area (TPSA) is 107 Å². The molecule has 11 heavy (non-hydrogen) atoms. The fourth-order valence-corrected chi connectivity index (χ4v) is 0.989. The molecule has 6 N–H and O–H groups in total. The minimum absolute atomic E-state index is 0.208. The zero-order valence-electron chi connectivity index (χ0n) is 6.28. The van der Waals surface area contributed by atoms with Gasteiger partial charge in [-0.15, -0.1) is 0 Å². The number of primary amides is 1. The molecule has 0 aromatic carbocycles. The third kappa shape index (κ3) is 4.49. The van der Waals surface area contributed by atoms with Crippen LogP contribution in [0.1, 0.15) is 6.92 Å². The summed E-state index contributed by atoms with van der Waals surface area (Å²) >= 11 is 1.21. The Morgan fingerprint density at radius 2 is 2.18 bits per heavy atom. The number of nitrogens with zero attached hydrogens (tertiary/aromatic N) is 1. The number of hydrazone groups is 1. The monoisotopic (exact) mass is 176 g/mol. The maximum Gasteiger partial charge on any atom is 0.221 e. The van der Waals surface area contributed by atoms with Crippen LogP contribution < -0.4 is 17.3 Å². The molecule has 1 amide bonds. The number of hydrogen-bond acceptors (Lipinski definition) is 4. The summed E-state index contributed by atoms with van der Waals surface area (Å²) in [5.41, 5.74) is 10.3. The normalized spacial score (nSPS) is 14.5. The second kappa shape index (κ2) is 4.84. The van der Waals surface area contributed by atoms with Gasteiger partial charge in [-0.1, -0.05) is 18.7 Å². The van der Waals surface area contributed by atoms with E-state index in [2.05, 4.69) is 5.10 Å². The summed E-state index contributed by atoms with van der Waals surface area (Å²) in [4.78, 5) is 10.5. The van der Waals surface area contributed by atoms with Gasteiger partial charge >= 0.3 is 0 Å². The zero-order valence-corrected chi connectivity index (χ0v) is 7.10. The van der Waals surface area contributed by atoms with Gasteiger partial charge in [0.05, 0.1) is 0 Å². The van der Waals surface area contributed by atoms with Crippen molar-refractivity contribution >= 4 is 22.8 Å². The molecule has 0 aliphatic carbocycles. The lowest BCUT2D eigenvalue weighted by molar-refractivity contribution is -0.120. The fourth-order valence-electron chi connectivity index (χ4n) is 0.330. The van der Waals surface area contributed by atoms with Crippen LogP contribution in [0.15, 0.2) is 5.10 Å². The first-order valence-electron chi connectivity index (χ1n) is 3.03. The van der Waals surface area contributed by atoms with Crippen LogP contribution in [0.4, 0.5) is 0 Å². The summed E-state index contributed by atoms with van der Waals surface area (Å²) in [7, 11) is 0. The molecule has 6 heteroatoms. The number of rotatable bonds is 3. The van der Waals surface area contributed by atoms with Gasteiger partial charge < -0.3 is 17.3 Å². The summed E-state index contributed by atoms with van der Waals surface area (Å²) in [6.45, 7) is 1.72. The highest BCUT2D eigenvalue weighted by atomic mass is 32.2. The van der Waals surface area contributed by atoms with Crippen LogP contribution in [0.5, 0.6) is 0 Å². The molecule has 0 rings (SSSR count). The molecule has 0 heterocycles. The third-order valence-electron chi connectivity index (χ3n) is 1.09. The van der Waals surface area contributed by atoms with Crippen LogP contribution in [0.2, 0.25) is 0 Å². The maximum absolute atomic E-state index is 10.5. The molecule has 0 aromatic rings. The lowest BCUT2D eigenvalue weighted by Gasteiger charge is -2.04. The minimum Gasteiger partial charge on any atom is -0.377 e. The highest BCUT2D eigenvalue weighted by Crippen LogP contribution is 2.06. The van der Waals surface area contributed by atoms with Gasteiger partial charge in [0, 0.05) is 11.7 Å². The van der Waals surface area contributed by atoms with Crippen LogP contribution >= 0.6 is 11.8 Å². The number of thioether (sulfide) groups is 1. The molecule has 1 unspecified atom stereocenters. The van der Waals surface area contributed by atoms with E-state index in [1.165, 1.54) is 11.8 Å². The molecule has 5 nitrogen and oxygen atoms in total. The van der Waals surface area contributed by atoms with Gasteiger partial charge in [0.25, 0.3) is 0 Å². The van der Waals surface area contributed by atoms with Gasteiger partial charge in [0.15, 0.2) is 5.17 Å². The van der Waals surface area contributed by atoms with Crippen molar-refractivity contribution < 1.29 is 4.79 Å². The molecule has 0 bridgehead atoms. The Bertz CT molecular complexity index is 170. The quantitative estimate of drug-likeness (QED) is 0.222. The van der Waals surface area contributed by atoms with E-state index in [9.17, 15) is 4.79 Å². The third-order valence-corrected chi connectivity index (χ3v) is 2.16. The summed E-state index contributed by atoms with van der Waals surface area (Å²) in [5, 5.41) is 3.49. The molecule has 0 aromatic heterocycles. The largest absolute Gasteiger partial charge is 0.377 e. The highest BCUT2D eigenvalue weighted by molar-refractivity contribution is 8.13. The van der Waals surface area contributed by atoms with E-state index in [1.54, 1.807) is 6.92 Å². The van der Waals surface area contributed by atoms with E-state index in [1.807, 2.05) is 0 Å². The molecular formula is C5H12N4OS. The zero-order chi connectivity index (χ0) is 8.85. The molecule has 1 atom stereocenters. The highest BCUT2D eigenvalue weighted by Gasteiger charge is 2.08. The van der Waals surface area contributed by atoms with Gasteiger partial charge in [0.1, 0.15) is 0 Å². The second-order valence-electron chi connectivity index (χ2n) is 2.08. The number of amides is 1. The van der Waals surface area contributed by atoms with Gasteiger partial charge in [-0.3, -0.25) is 4.79 Å². The maximum atomic E-state index is 10.5. The van der Waals surface area contributed by atoms with Crippen molar-refractivity contribution in [1.82, 2.24) is 0 Å². The van der Waals surface area contributed by atoms with Gasteiger partial charge in [0.2, 0.25) is 5.91 Å². The lowest BCUT2D eigenvalue weighted by Crippen LogP contribution is -2.23. The van der Waals surface area contributed by atoms with E-state index >= 15 is 0 Å². The van der Waals surface area contributed by atoms with Crippen molar-refractivity contribution in [3.8, 4) is 0 Å². The minimum atomic E-state index is -0.345. The molecule has 0 radical (unpaired) electrons. The Hall–Kier alpha value is -0.910. The van der Waals surface area contributed by atoms with Gasteiger partial charge in [-0.05, 0) is 0 Å². The summed E-state index contributed by atoms with van der Waals surface area (Å²) in [6, 6.07) is 0. The molecular weight excluding hydrogens is 164 g/mol. The Labute approximate surface area is 69.4 Å². The van der Waals surface area contributed by atoms with Crippen LogP contribution in [-0.2, 0) is 4.79 Å². The number of amidine groups is 1. The number of carbonyl (C=O) groups excluding carboxylic acids is 1. The Kier molecular flexibility index (Phi) is 4.44. The van der Waals surface area contributed by atoms with Crippen molar-refractivity contribution in [2.45, 2.75) is 6.92 Å². The van der Waals surface area contributed by atoms with E-state index < -0.39 is 0 Å². The van der Waals surface area contributed by atoms with Crippen LogP contribution in [0.3, 0.4) is 0 Å². The Balaban J connectivity index is 3.62. The number of nitrogens with two attached hydrogens (primary N) is 3. The average molecular weight is 176 g/mol. The molecule has 0 aliphatic rings. The number of hydrogen-bond donors (Lipinski definition) is 3. The van der Waals surface area contributed by atoms with E-state index in [-0.39, 0.29) is 17.0 Å². The van der Waals surface area contributed by atoms with Crippen molar-refractivity contribution in [3.05, 3.63) is 0 Å². The molecule has 0 saturated carbocycles. The first-order chi connectivity index (χ1) is 5.07. The molecule has 0 spiro atoms. The first kappa shape index (κ1) is 10.1. The Morgan fingerprint density at radius 1 is 1.64 bits per heavy atom. The SMILES string of the molecule is CC(CSC(N)=NN)C(N)=O. The van der Waals surface area contributed by atoms with Crippen LogP contribution in [0, 0.1) is 5.92 Å². The van der Waals surface area contributed by atoms with Gasteiger partial charge in [-0.2, -0.15) is 5.10 Å². The number of carbonyl (C=O) groups is 1. The van der Waals surface area contributed by atoms with E-state index in [0.29, 0.717) is 5.75 Å². The van der Waals surface area contributed by atoms with Crippen molar-refractivity contribution in [1.29, 1.82) is 0 Å². The standard InChI is InChI=1S/C5H12N4OS/c1-3(4(6)10)2-11-5(7)9-8/h3H,2,8H2,1H3,(H2,6,10)(H2,7,9). The molecule has 0 fully saturated rings. The summed E-state index contributed by atoms with van der Waals surface area (Å²) in [6.07, 6.45) is 0. The van der Waals surface area contributed by atoms with Gasteiger partial charge in [-0.25, -0.2) is 0 Å². The van der Waals surface area contributed by atoms with Crippen LogP contribution in [-0.4, -0.2) is 16.8 Å². The fraction of sp³-hybridized carbons (Fsp3) is 0.600. The predicted octanol–water partition coefficient (Wildman–Crippen LogP) is -0.971. The smallest absolute Gasteiger partial charge is 0.221 e. The van der Waals surface area contributed by atoms with E-state index in [4.69, 9.17) is 17.3 Å².